The quantitative estimate of drug-likeness (QED) is 0.616. The van der Waals surface area contributed by atoms with Crippen LogP contribution < -0.4 is 16.2 Å². The van der Waals surface area contributed by atoms with E-state index in [1.807, 2.05) is 6.07 Å². The minimum absolute atomic E-state index is 0.570. The van der Waals surface area contributed by atoms with Crippen molar-refractivity contribution in [3.05, 3.63) is 11.8 Å². The molecule has 1 aromatic heterocycles. The molecule has 0 aromatic carbocycles. The van der Waals surface area contributed by atoms with E-state index in [0.717, 1.165) is 44.2 Å². The molecule has 0 atom stereocenters. The fourth-order valence-corrected chi connectivity index (χ4v) is 2.23. The van der Waals surface area contributed by atoms with E-state index in [2.05, 4.69) is 46.1 Å². The Labute approximate surface area is 115 Å². The molecule has 1 aromatic rings. The number of aromatic nitrogens is 2. The van der Waals surface area contributed by atoms with Crippen molar-refractivity contribution in [3.8, 4) is 0 Å². The molecule has 1 saturated heterocycles. The topological polar surface area (TPSA) is 70.3 Å². The molecule has 6 nitrogen and oxygen atoms in total. The molecule has 0 radical (unpaired) electrons. The van der Waals surface area contributed by atoms with Gasteiger partial charge in [-0.2, -0.15) is 4.98 Å². The monoisotopic (exact) mass is 264 g/mol. The molecule has 6 heteroatoms. The highest BCUT2D eigenvalue weighted by molar-refractivity contribution is 5.43. The Kier molecular flexibility index (Phi) is 4.55. The third-order valence-electron chi connectivity index (χ3n) is 3.32. The lowest BCUT2D eigenvalue weighted by molar-refractivity contribution is 0.311. The van der Waals surface area contributed by atoms with Gasteiger partial charge in [-0.1, -0.05) is 13.8 Å². The number of nitrogens with two attached hydrogens (primary N) is 1. The van der Waals surface area contributed by atoms with Crippen LogP contribution in [0.3, 0.4) is 0 Å². The zero-order valence-electron chi connectivity index (χ0n) is 12.1. The Bertz CT molecular complexity index is 412. The number of piperazine rings is 1. The molecule has 0 aliphatic carbocycles. The van der Waals surface area contributed by atoms with Crippen molar-refractivity contribution >= 4 is 11.8 Å². The maximum Gasteiger partial charge on any atom is 0.227 e. The summed E-state index contributed by atoms with van der Waals surface area (Å²) in [6, 6.07) is 1.93. The van der Waals surface area contributed by atoms with Crippen LogP contribution in [0.25, 0.3) is 0 Å². The first-order valence-corrected chi connectivity index (χ1v) is 6.86. The molecule has 19 heavy (non-hydrogen) atoms. The second kappa shape index (κ2) is 6.16. The number of nitrogens with zero attached hydrogens (tertiary/aromatic N) is 4. The first kappa shape index (κ1) is 14.0. The largest absolute Gasteiger partial charge is 0.338 e. The van der Waals surface area contributed by atoms with E-state index in [9.17, 15) is 0 Å². The third kappa shape index (κ3) is 3.78. The fraction of sp³-hybridized carbons (Fsp3) is 0.692. The highest BCUT2D eigenvalue weighted by Gasteiger charge is 2.17. The Morgan fingerprint density at radius 2 is 1.95 bits per heavy atom. The average Bonchev–Trinajstić information content (AvgIpc) is 2.38. The molecular weight excluding hydrogens is 240 g/mol. The summed E-state index contributed by atoms with van der Waals surface area (Å²) in [5.41, 5.74) is 3.69. The van der Waals surface area contributed by atoms with Crippen LogP contribution in [0.1, 0.15) is 19.5 Å². The van der Waals surface area contributed by atoms with Gasteiger partial charge in [0, 0.05) is 37.9 Å². The van der Waals surface area contributed by atoms with E-state index in [0.29, 0.717) is 11.7 Å². The second-order valence-electron chi connectivity index (χ2n) is 5.58. The minimum Gasteiger partial charge on any atom is -0.338 e. The molecule has 1 fully saturated rings. The van der Waals surface area contributed by atoms with Gasteiger partial charge in [0.1, 0.15) is 5.82 Å². The number of hydrogen-bond acceptors (Lipinski definition) is 6. The van der Waals surface area contributed by atoms with E-state index in [1.165, 1.54) is 0 Å². The van der Waals surface area contributed by atoms with Crippen LogP contribution in [0.2, 0.25) is 0 Å². The van der Waals surface area contributed by atoms with Gasteiger partial charge in [-0.05, 0) is 19.4 Å². The van der Waals surface area contributed by atoms with Crippen molar-refractivity contribution in [2.45, 2.75) is 20.3 Å². The van der Waals surface area contributed by atoms with Gasteiger partial charge >= 0.3 is 0 Å². The van der Waals surface area contributed by atoms with E-state index in [1.54, 1.807) is 0 Å². The molecule has 106 valence electrons. The molecule has 3 N–H and O–H groups in total. The Morgan fingerprint density at radius 1 is 1.26 bits per heavy atom. The predicted molar refractivity (Wildman–Crippen MR) is 78.1 cm³/mol. The number of anilines is 2. The van der Waals surface area contributed by atoms with Crippen LogP contribution in [0, 0.1) is 5.92 Å². The van der Waals surface area contributed by atoms with Gasteiger partial charge in [0.25, 0.3) is 0 Å². The smallest absolute Gasteiger partial charge is 0.227 e. The molecule has 0 unspecified atom stereocenters. The highest BCUT2D eigenvalue weighted by atomic mass is 15.3. The zero-order chi connectivity index (χ0) is 13.8. The molecule has 2 heterocycles. The number of likely N-dealkylation sites (N-methyl/N-ethyl adjacent to an activating group) is 1. The normalized spacial score (nSPS) is 17.0. The molecular formula is C13H24N6. The van der Waals surface area contributed by atoms with Crippen molar-refractivity contribution in [1.29, 1.82) is 0 Å². The van der Waals surface area contributed by atoms with Crippen molar-refractivity contribution in [3.63, 3.8) is 0 Å². The molecule has 0 bridgehead atoms. The van der Waals surface area contributed by atoms with Gasteiger partial charge in [0.05, 0.1) is 0 Å². The lowest BCUT2D eigenvalue weighted by atomic mass is 10.1. The van der Waals surface area contributed by atoms with Crippen LogP contribution in [-0.2, 0) is 6.42 Å². The fourth-order valence-electron chi connectivity index (χ4n) is 2.23. The lowest BCUT2D eigenvalue weighted by Crippen LogP contribution is -2.45. The first-order chi connectivity index (χ1) is 9.08. The van der Waals surface area contributed by atoms with Crippen molar-refractivity contribution in [1.82, 2.24) is 14.9 Å². The van der Waals surface area contributed by atoms with Crippen LogP contribution in [-0.4, -0.2) is 48.1 Å². The van der Waals surface area contributed by atoms with Crippen molar-refractivity contribution < 1.29 is 0 Å². The summed E-state index contributed by atoms with van der Waals surface area (Å²) in [4.78, 5) is 13.7. The van der Waals surface area contributed by atoms with Gasteiger partial charge in [0.15, 0.2) is 0 Å². The summed E-state index contributed by atoms with van der Waals surface area (Å²) in [5, 5.41) is 0. The van der Waals surface area contributed by atoms with Gasteiger partial charge in [-0.25, -0.2) is 10.8 Å². The van der Waals surface area contributed by atoms with E-state index in [4.69, 9.17) is 5.84 Å². The number of rotatable bonds is 4. The molecule has 0 saturated carbocycles. The zero-order valence-corrected chi connectivity index (χ0v) is 12.1. The SMILES string of the molecule is CC(C)Cc1cc(NN)nc(N2CCN(C)CC2)n1. The van der Waals surface area contributed by atoms with Gasteiger partial charge < -0.3 is 15.2 Å². The third-order valence-corrected chi connectivity index (χ3v) is 3.32. The summed E-state index contributed by atoms with van der Waals surface area (Å²) in [6.45, 7) is 8.39. The molecule has 0 spiro atoms. The number of nitrogen functional groups attached to an aromatic ring is 1. The standard InChI is InChI=1S/C13H24N6/c1-10(2)8-11-9-12(17-14)16-13(15-11)19-6-4-18(3)5-7-19/h9-10H,4-8,14H2,1-3H3,(H,15,16,17). The summed E-state index contributed by atoms with van der Waals surface area (Å²) in [5.74, 6) is 7.56. The minimum atomic E-state index is 0.570. The summed E-state index contributed by atoms with van der Waals surface area (Å²) < 4.78 is 0. The van der Waals surface area contributed by atoms with E-state index >= 15 is 0 Å². The summed E-state index contributed by atoms with van der Waals surface area (Å²) >= 11 is 0. The highest BCUT2D eigenvalue weighted by Crippen LogP contribution is 2.17. The van der Waals surface area contributed by atoms with E-state index in [-0.39, 0.29) is 0 Å². The van der Waals surface area contributed by atoms with Crippen LogP contribution in [0.4, 0.5) is 11.8 Å². The maximum absolute atomic E-state index is 5.50. The lowest BCUT2D eigenvalue weighted by Gasteiger charge is -2.32. The first-order valence-electron chi connectivity index (χ1n) is 6.86. The van der Waals surface area contributed by atoms with Crippen molar-refractivity contribution in [2.75, 3.05) is 43.6 Å². The van der Waals surface area contributed by atoms with Gasteiger partial charge in [-0.15, -0.1) is 0 Å². The van der Waals surface area contributed by atoms with E-state index < -0.39 is 0 Å². The number of nitrogens with one attached hydrogen (secondary N) is 1. The summed E-state index contributed by atoms with van der Waals surface area (Å²) in [6.07, 6.45) is 0.942. The van der Waals surface area contributed by atoms with Gasteiger partial charge in [-0.3, -0.25) is 0 Å². The molecule has 0 amide bonds. The van der Waals surface area contributed by atoms with Crippen LogP contribution in [0.5, 0.6) is 0 Å². The number of hydrazine groups is 1. The van der Waals surface area contributed by atoms with Crippen molar-refractivity contribution in [2.24, 2.45) is 11.8 Å². The Morgan fingerprint density at radius 3 is 2.53 bits per heavy atom. The van der Waals surface area contributed by atoms with Crippen LogP contribution >= 0.6 is 0 Å². The predicted octanol–water partition coefficient (Wildman–Crippen LogP) is 0.713. The van der Waals surface area contributed by atoms with Crippen LogP contribution in [0.15, 0.2) is 6.07 Å². The Hall–Kier alpha value is -1.40. The maximum atomic E-state index is 5.50. The Balaban J connectivity index is 2.18. The van der Waals surface area contributed by atoms with Gasteiger partial charge in [0.2, 0.25) is 5.95 Å². The second-order valence-corrected chi connectivity index (χ2v) is 5.58. The average molecular weight is 264 g/mol. The summed E-state index contributed by atoms with van der Waals surface area (Å²) in [7, 11) is 2.14. The molecule has 1 aliphatic heterocycles. The molecule has 1 aliphatic rings. The number of hydrogen-bond donors (Lipinski definition) is 2. The molecule has 2 rings (SSSR count).